The van der Waals surface area contributed by atoms with Gasteiger partial charge in [-0.25, -0.2) is 4.79 Å². The summed E-state index contributed by atoms with van der Waals surface area (Å²) in [6.07, 6.45) is 1.13. The molecular formula is C19H31N4O4+. The molecular weight excluding hydrogens is 348 g/mol. The van der Waals surface area contributed by atoms with Crippen LogP contribution in [0.3, 0.4) is 0 Å². The van der Waals surface area contributed by atoms with Gasteiger partial charge >= 0.3 is 5.97 Å². The average molecular weight is 379 g/mol. The quantitative estimate of drug-likeness (QED) is 0.277. The van der Waals surface area contributed by atoms with Crippen LogP contribution in [0.4, 0.5) is 17.1 Å². The summed E-state index contributed by atoms with van der Waals surface area (Å²) < 4.78 is 11.4. The zero-order valence-corrected chi connectivity index (χ0v) is 16.9. The van der Waals surface area contributed by atoms with Crippen molar-refractivity contribution >= 4 is 28.9 Å². The third kappa shape index (κ3) is 7.57. The number of quaternary nitrogens is 1. The first-order chi connectivity index (χ1) is 12.6. The number of ether oxygens (including phenoxy) is 2. The van der Waals surface area contributed by atoms with E-state index in [1.165, 1.54) is 6.92 Å². The molecule has 0 bridgehead atoms. The van der Waals surface area contributed by atoms with Gasteiger partial charge in [-0.15, -0.1) is 0 Å². The molecule has 0 atom stereocenters. The zero-order valence-electron chi connectivity index (χ0n) is 16.9. The molecule has 150 valence electrons. The molecule has 0 heterocycles. The van der Waals surface area contributed by atoms with Crippen molar-refractivity contribution in [1.82, 2.24) is 0 Å². The van der Waals surface area contributed by atoms with Crippen molar-refractivity contribution in [3.05, 3.63) is 24.8 Å². The summed E-state index contributed by atoms with van der Waals surface area (Å²) in [6.45, 7) is 7.01. The summed E-state index contributed by atoms with van der Waals surface area (Å²) in [5.74, 6) is -0.0987. The monoisotopic (exact) mass is 379 g/mol. The number of benzene rings is 1. The first-order valence-electron chi connectivity index (χ1n) is 8.67. The average Bonchev–Trinajstić information content (AvgIpc) is 2.58. The minimum Gasteiger partial charge on any atom is -0.495 e. The van der Waals surface area contributed by atoms with Gasteiger partial charge in [-0.3, -0.25) is 4.79 Å². The second-order valence-corrected chi connectivity index (χ2v) is 7.17. The van der Waals surface area contributed by atoms with Crippen LogP contribution in [0.15, 0.2) is 24.8 Å². The summed E-state index contributed by atoms with van der Waals surface area (Å²) in [5.41, 5.74) is 7.70. The van der Waals surface area contributed by atoms with Gasteiger partial charge in [-0.1, -0.05) is 6.58 Å². The van der Waals surface area contributed by atoms with E-state index in [0.29, 0.717) is 30.2 Å². The van der Waals surface area contributed by atoms with E-state index in [9.17, 15) is 9.59 Å². The maximum Gasteiger partial charge on any atom is 0.330 e. The van der Waals surface area contributed by atoms with Crippen LogP contribution < -0.4 is 20.7 Å². The molecule has 1 rings (SSSR count). The molecule has 8 nitrogen and oxygen atoms in total. The van der Waals surface area contributed by atoms with E-state index in [0.717, 1.165) is 22.8 Å². The van der Waals surface area contributed by atoms with Crippen LogP contribution in [0.1, 0.15) is 6.92 Å². The van der Waals surface area contributed by atoms with Crippen LogP contribution in [-0.2, 0) is 14.3 Å². The summed E-state index contributed by atoms with van der Waals surface area (Å²) in [6, 6.07) is 3.45. The molecule has 0 radical (unpaired) electrons. The highest BCUT2D eigenvalue weighted by Gasteiger charge is 2.19. The largest absolute Gasteiger partial charge is 0.495 e. The zero-order chi connectivity index (χ0) is 20.6. The van der Waals surface area contributed by atoms with E-state index in [4.69, 9.17) is 15.2 Å². The molecule has 0 aliphatic heterocycles. The lowest BCUT2D eigenvalue weighted by Crippen LogP contribution is -2.43. The minimum absolute atomic E-state index is 0.199. The van der Waals surface area contributed by atoms with E-state index in [1.54, 1.807) is 19.2 Å². The molecule has 0 aliphatic carbocycles. The highest BCUT2D eigenvalue weighted by atomic mass is 16.5. The number of rotatable bonds is 10. The Bertz CT molecular complexity index is 683. The SMILES string of the molecule is C=CC(=O)OCCN(CC[N+](C)(C)C)c1cc(NC(C)=O)c(N)cc1OC. The van der Waals surface area contributed by atoms with Crippen molar-refractivity contribution < 1.29 is 23.5 Å². The first kappa shape index (κ1) is 22.3. The number of carbonyl (C=O) groups excluding carboxylic acids is 2. The van der Waals surface area contributed by atoms with Crippen LogP contribution in [0.2, 0.25) is 0 Å². The maximum absolute atomic E-state index is 11.5. The predicted molar refractivity (Wildman–Crippen MR) is 108 cm³/mol. The Morgan fingerprint density at radius 2 is 1.96 bits per heavy atom. The van der Waals surface area contributed by atoms with Crippen molar-refractivity contribution in [2.75, 3.05) is 70.4 Å². The van der Waals surface area contributed by atoms with Crippen molar-refractivity contribution in [2.45, 2.75) is 6.92 Å². The molecule has 1 aromatic rings. The lowest BCUT2D eigenvalue weighted by Gasteiger charge is -2.31. The number of methoxy groups -OCH3 is 1. The molecule has 0 aliphatic rings. The van der Waals surface area contributed by atoms with Crippen LogP contribution in [0, 0.1) is 0 Å². The van der Waals surface area contributed by atoms with Crippen LogP contribution in [0.5, 0.6) is 5.75 Å². The lowest BCUT2D eigenvalue weighted by atomic mass is 10.2. The Balaban J connectivity index is 3.17. The molecule has 0 saturated heterocycles. The molecule has 3 N–H and O–H groups in total. The number of carbonyl (C=O) groups is 2. The van der Waals surface area contributed by atoms with Crippen molar-refractivity contribution in [2.24, 2.45) is 0 Å². The fourth-order valence-electron chi connectivity index (χ4n) is 2.38. The summed E-state index contributed by atoms with van der Waals surface area (Å²) in [5, 5.41) is 2.73. The molecule has 1 aromatic carbocycles. The van der Waals surface area contributed by atoms with Gasteiger partial charge in [0.05, 0.1) is 64.9 Å². The Kier molecular flexibility index (Phi) is 8.11. The number of nitrogens with zero attached hydrogens (tertiary/aromatic N) is 2. The second kappa shape index (κ2) is 9.82. The molecule has 0 aromatic heterocycles. The maximum atomic E-state index is 11.5. The minimum atomic E-state index is -0.468. The predicted octanol–water partition coefficient (Wildman–Crippen LogP) is 1.48. The van der Waals surface area contributed by atoms with Crippen molar-refractivity contribution in [3.63, 3.8) is 0 Å². The van der Waals surface area contributed by atoms with E-state index in [-0.39, 0.29) is 12.5 Å². The number of hydrogen-bond donors (Lipinski definition) is 2. The van der Waals surface area contributed by atoms with Crippen LogP contribution in [0.25, 0.3) is 0 Å². The number of esters is 1. The molecule has 1 amide bonds. The Hall–Kier alpha value is -2.74. The third-order valence-corrected chi connectivity index (χ3v) is 3.82. The van der Waals surface area contributed by atoms with Gasteiger partial charge in [0.2, 0.25) is 5.91 Å². The van der Waals surface area contributed by atoms with Crippen molar-refractivity contribution in [3.8, 4) is 5.75 Å². The smallest absolute Gasteiger partial charge is 0.330 e. The number of nitrogen functional groups attached to an aromatic ring is 1. The second-order valence-electron chi connectivity index (χ2n) is 7.17. The van der Waals surface area contributed by atoms with Crippen molar-refractivity contribution in [1.29, 1.82) is 0 Å². The van der Waals surface area contributed by atoms with Crippen LogP contribution >= 0.6 is 0 Å². The Labute approximate surface area is 161 Å². The molecule has 0 spiro atoms. The highest BCUT2D eigenvalue weighted by Crippen LogP contribution is 2.35. The molecule has 0 fully saturated rings. The normalized spacial score (nSPS) is 10.9. The first-order valence-corrected chi connectivity index (χ1v) is 8.67. The Morgan fingerprint density at radius 1 is 1.30 bits per heavy atom. The number of amides is 1. The van der Waals surface area contributed by atoms with Gasteiger partial charge < -0.3 is 29.9 Å². The molecule has 27 heavy (non-hydrogen) atoms. The number of likely N-dealkylation sites (N-methyl/N-ethyl adjacent to an activating group) is 1. The number of nitrogens with one attached hydrogen (secondary N) is 1. The van der Waals surface area contributed by atoms with Gasteiger partial charge in [-0.05, 0) is 6.07 Å². The van der Waals surface area contributed by atoms with Gasteiger partial charge in [0.15, 0.2) is 0 Å². The fourth-order valence-corrected chi connectivity index (χ4v) is 2.38. The number of anilines is 3. The van der Waals surface area contributed by atoms with Gasteiger partial charge in [0.1, 0.15) is 12.4 Å². The standard InChI is InChI=1S/C19H30N4O4/c1-7-19(25)27-11-9-22(8-10-23(3,4)5)17-13-16(21-14(2)24)15(20)12-18(17)26-6/h7,12-13H,1,8-11,20H2,2-6H3/p+1. The topological polar surface area (TPSA) is 93.9 Å². The summed E-state index contributed by atoms with van der Waals surface area (Å²) in [7, 11) is 7.85. The van der Waals surface area contributed by atoms with E-state index < -0.39 is 5.97 Å². The van der Waals surface area contributed by atoms with E-state index in [1.807, 2.05) is 4.90 Å². The Morgan fingerprint density at radius 3 is 2.48 bits per heavy atom. The third-order valence-electron chi connectivity index (χ3n) is 3.82. The fraction of sp³-hybridized carbons (Fsp3) is 0.474. The van der Waals surface area contributed by atoms with E-state index in [2.05, 4.69) is 33.0 Å². The number of nitrogens with two attached hydrogens (primary N) is 1. The van der Waals surface area contributed by atoms with Gasteiger partial charge in [-0.2, -0.15) is 0 Å². The van der Waals surface area contributed by atoms with E-state index >= 15 is 0 Å². The molecule has 8 heteroatoms. The highest BCUT2D eigenvalue weighted by molar-refractivity contribution is 5.94. The van der Waals surface area contributed by atoms with Gasteiger partial charge in [0, 0.05) is 19.1 Å². The van der Waals surface area contributed by atoms with Crippen LogP contribution in [-0.4, -0.2) is 70.9 Å². The molecule has 0 saturated carbocycles. The summed E-state index contributed by atoms with van der Waals surface area (Å²) >= 11 is 0. The summed E-state index contributed by atoms with van der Waals surface area (Å²) in [4.78, 5) is 24.8. The molecule has 0 unspecified atom stereocenters. The lowest BCUT2D eigenvalue weighted by molar-refractivity contribution is -0.868. The van der Waals surface area contributed by atoms with Gasteiger partial charge in [0.25, 0.3) is 0 Å². The number of hydrogen-bond acceptors (Lipinski definition) is 6.